The van der Waals surface area contributed by atoms with Gasteiger partial charge >= 0.3 is 0 Å². The van der Waals surface area contributed by atoms with Gasteiger partial charge in [-0.05, 0) is 6.07 Å². The normalized spacial score (nSPS) is 9.64. The zero-order valence-corrected chi connectivity index (χ0v) is 8.73. The van der Waals surface area contributed by atoms with Crippen LogP contribution in [-0.2, 0) is 0 Å². The zero-order chi connectivity index (χ0) is 10.7. The molecule has 14 heavy (non-hydrogen) atoms. The smallest absolute Gasteiger partial charge is 0.0847 e. The molecule has 0 amide bonds. The minimum atomic E-state index is 0.631. The molecule has 0 aliphatic rings. The second-order valence-corrected chi connectivity index (χ2v) is 2.92. The molecule has 1 aromatic carbocycles. The average Bonchev–Trinajstić information content (AvgIpc) is 2.19. The molecule has 78 valence electrons. The summed E-state index contributed by atoms with van der Waals surface area (Å²) in [5.74, 6) is 0. The van der Waals surface area contributed by atoms with Crippen molar-refractivity contribution in [2.75, 3.05) is 48.6 Å². The molecule has 0 bridgehead atoms. The van der Waals surface area contributed by atoms with E-state index in [-0.39, 0.29) is 0 Å². The first-order valence-electron chi connectivity index (χ1n) is 4.40. The van der Waals surface area contributed by atoms with E-state index in [1.54, 1.807) is 7.05 Å². The van der Waals surface area contributed by atoms with Crippen LogP contribution in [-0.4, -0.2) is 21.1 Å². The Kier molecular flexibility index (Phi) is 2.91. The highest BCUT2D eigenvalue weighted by molar-refractivity contribution is 5.96. The summed E-state index contributed by atoms with van der Waals surface area (Å²) in [5.41, 5.74) is 15.5. The lowest BCUT2D eigenvalue weighted by Crippen LogP contribution is -2.07. The van der Waals surface area contributed by atoms with Crippen LogP contribution >= 0.6 is 0 Å². The monoisotopic (exact) mass is 195 g/mol. The first-order chi connectivity index (χ1) is 6.65. The number of nitrogens with one attached hydrogen (secondary N) is 3. The highest BCUT2D eigenvalue weighted by atomic mass is 15.0. The van der Waals surface area contributed by atoms with Gasteiger partial charge in [-0.1, -0.05) is 0 Å². The SMILES string of the molecule is CNc1cc(NC)c(N)c(NC)c1N. The number of nitrogen functional groups attached to an aromatic ring is 2. The number of anilines is 5. The van der Waals surface area contributed by atoms with Crippen molar-refractivity contribution in [3.05, 3.63) is 6.07 Å². The second-order valence-electron chi connectivity index (χ2n) is 2.92. The summed E-state index contributed by atoms with van der Waals surface area (Å²) in [7, 11) is 5.43. The van der Waals surface area contributed by atoms with Gasteiger partial charge in [0, 0.05) is 21.1 Å². The number of rotatable bonds is 3. The quantitative estimate of drug-likeness (QED) is 0.464. The van der Waals surface area contributed by atoms with Crippen LogP contribution < -0.4 is 27.4 Å². The molecule has 5 heteroatoms. The molecule has 5 nitrogen and oxygen atoms in total. The predicted molar refractivity (Wildman–Crippen MR) is 63.9 cm³/mol. The number of benzene rings is 1. The Balaban J connectivity index is 3.39. The van der Waals surface area contributed by atoms with Crippen LogP contribution in [0.25, 0.3) is 0 Å². The van der Waals surface area contributed by atoms with Crippen LogP contribution in [0.2, 0.25) is 0 Å². The van der Waals surface area contributed by atoms with Crippen molar-refractivity contribution in [3.63, 3.8) is 0 Å². The van der Waals surface area contributed by atoms with Crippen LogP contribution in [0.15, 0.2) is 6.07 Å². The summed E-state index contributed by atoms with van der Waals surface area (Å²) in [6.07, 6.45) is 0. The van der Waals surface area contributed by atoms with Gasteiger partial charge in [-0.2, -0.15) is 0 Å². The minimum Gasteiger partial charge on any atom is -0.395 e. The molecule has 1 rings (SSSR count). The molecule has 0 spiro atoms. The van der Waals surface area contributed by atoms with Crippen molar-refractivity contribution in [1.82, 2.24) is 0 Å². The first kappa shape index (κ1) is 10.3. The summed E-state index contributed by atoms with van der Waals surface area (Å²) in [6.45, 7) is 0. The Bertz CT molecular complexity index is 306. The highest BCUT2D eigenvalue weighted by Crippen LogP contribution is 2.38. The Hall–Kier alpha value is -1.78. The van der Waals surface area contributed by atoms with Crippen LogP contribution in [0.5, 0.6) is 0 Å². The molecule has 0 heterocycles. The van der Waals surface area contributed by atoms with E-state index in [0.717, 1.165) is 17.1 Å². The molecule has 0 saturated carbocycles. The Morgan fingerprint density at radius 1 is 0.857 bits per heavy atom. The van der Waals surface area contributed by atoms with Gasteiger partial charge in [0.05, 0.1) is 28.4 Å². The molecule has 7 N–H and O–H groups in total. The van der Waals surface area contributed by atoms with E-state index in [0.29, 0.717) is 11.4 Å². The summed E-state index contributed by atoms with van der Waals surface area (Å²) in [4.78, 5) is 0. The summed E-state index contributed by atoms with van der Waals surface area (Å²) in [5, 5.41) is 9.01. The van der Waals surface area contributed by atoms with Crippen molar-refractivity contribution < 1.29 is 0 Å². The average molecular weight is 195 g/mol. The molecule has 0 aromatic heterocycles. The maximum Gasteiger partial charge on any atom is 0.0847 e. The molecular formula is C9H17N5. The van der Waals surface area contributed by atoms with Crippen LogP contribution in [0.4, 0.5) is 28.4 Å². The molecule has 0 fully saturated rings. The fourth-order valence-corrected chi connectivity index (χ4v) is 1.40. The third kappa shape index (κ3) is 1.48. The van der Waals surface area contributed by atoms with Crippen molar-refractivity contribution in [2.24, 2.45) is 0 Å². The van der Waals surface area contributed by atoms with Gasteiger partial charge < -0.3 is 27.4 Å². The molecular weight excluding hydrogens is 178 g/mol. The highest BCUT2D eigenvalue weighted by Gasteiger charge is 2.11. The van der Waals surface area contributed by atoms with Gasteiger partial charge in [-0.15, -0.1) is 0 Å². The van der Waals surface area contributed by atoms with Crippen molar-refractivity contribution in [1.29, 1.82) is 0 Å². The minimum absolute atomic E-state index is 0.631. The second kappa shape index (κ2) is 3.95. The Labute approximate surface area is 83.9 Å². The largest absolute Gasteiger partial charge is 0.395 e. The van der Waals surface area contributed by atoms with E-state index < -0.39 is 0 Å². The van der Waals surface area contributed by atoms with Gasteiger partial charge in [0.25, 0.3) is 0 Å². The van der Waals surface area contributed by atoms with Gasteiger partial charge in [0.15, 0.2) is 0 Å². The van der Waals surface area contributed by atoms with Crippen LogP contribution in [0, 0.1) is 0 Å². The molecule has 0 aliphatic carbocycles. The van der Waals surface area contributed by atoms with E-state index in [9.17, 15) is 0 Å². The van der Waals surface area contributed by atoms with Gasteiger partial charge in [-0.3, -0.25) is 0 Å². The van der Waals surface area contributed by atoms with Gasteiger partial charge in [0.2, 0.25) is 0 Å². The number of hydrogen-bond donors (Lipinski definition) is 5. The molecule has 0 aliphatic heterocycles. The van der Waals surface area contributed by atoms with Crippen molar-refractivity contribution >= 4 is 28.4 Å². The van der Waals surface area contributed by atoms with Crippen molar-refractivity contribution in [3.8, 4) is 0 Å². The van der Waals surface area contributed by atoms with Crippen LogP contribution in [0.3, 0.4) is 0 Å². The predicted octanol–water partition coefficient (Wildman–Crippen LogP) is 0.976. The van der Waals surface area contributed by atoms with E-state index in [1.807, 2.05) is 20.2 Å². The Morgan fingerprint density at radius 3 is 1.57 bits per heavy atom. The van der Waals surface area contributed by atoms with Gasteiger partial charge in [-0.25, -0.2) is 0 Å². The first-order valence-corrected chi connectivity index (χ1v) is 4.40. The van der Waals surface area contributed by atoms with E-state index in [4.69, 9.17) is 11.5 Å². The topological polar surface area (TPSA) is 88.1 Å². The molecule has 0 radical (unpaired) electrons. The molecule has 0 saturated heterocycles. The van der Waals surface area contributed by atoms with Crippen LogP contribution in [0.1, 0.15) is 0 Å². The van der Waals surface area contributed by atoms with E-state index in [1.165, 1.54) is 0 Å². The Morgan fingerprint density at radius 2 is 1.29 bits per heavy atom. The van der Waals surface area contributed by atoms with E-state index >= 15 is 0 Å². The summed E-state index contributed by atoms with van der Waals surface area (Å²) in [6, 6.07) is 1.88. The third-order valence-corrected chi connectivity index (χ3v) is 2.20. The summed E-state index contributed by atoms with van der Waals surface area (Å²) >= 11 is 0. The maximum atomic E-state index is 5.90. The standard InChI is InChI=1S/C9H17N5/c1-12-5-4-6(13-2)8(11)9(14-3)7(5)10/h4,12-14H,10-11H2,1-3H3. The molecule has 0 atom stereocenters. The summed E-state index contributed by atoms with van der Waals surface area (Å²) < 4.78 is 0. The lowest BCUT2D eigenvalue weighted by atomic mass is 10.1. The van der Waals surface area contributed by atoms with Crippen molar-refractivity contribution in [2.45, 2.75) is 0 Å². The molecule has 0 unspecified atom stereocenters. The van der Waals surface area contributed by atoms with E-state index in [2.05, 4.69) is 16.0 Å². The third-order valence-electron chi connectivity index (χ3n) is 2.20. The lowest BCUT2D eigenvalue weighted by molar-refractivity contribution is 1.44. The fraction of sp³-hybridized carbons (Fsp3) is 0.333. The fourth-order valence-electron chi connectivity index (χ4n) is 1.40. The maximum absolute atomic E-state index is 5.90. The van der Waals surface area contributed by atoms with Gasteiger partial charge in [0.1, 0.15) is 0 Å². The number of hydrogen-bond acceptors (Lipinski definition) is 5. The zero-order valence-electron chi connectivity index (χ0n) is 8.73. The lowest BCUT2D eigenvalue weighted by Gasteiger charge is -2.16. The number of nitrogens with two attached hydrogens (primary N) is 2. The molecule has 1 aromatic rings.